The van der Waals surface area contributed by atoms with Crippen molar-refractivity contribution in [2.24, 2.45) is 0 Å². The molecule has 1 aromatic heterocycles. The fraction of sp³-hybridized carbons (Fsp3) is 0.375. The first-order valence-corrected chi connectivity index (χ1v) is 6.44. The van der Waals surface area contributed by atoms with E-state index in [0.717, 1.165) is 6.07 Å². The molecule has 0 aliphatic carbocycles. The molecule has 0 saturated heterocycles. The van der Waals surface area contributed by atoms with Crippen molar-refractivity contribution in [1.29, 1.82) is 0 Å². The third-order valence-corrected chi connectivity index (χ3v) is 3.20. The number of carboxylic acid groups (broad SMARTS) is 1. The van der Waals surface area contributed by atoms with Gasteiger partial charge in [0.1, 0.15) is 10.6 Å². The Hall–Kier alpha value is -1.01. The molecule has 15 heavy (non-hydrogen) atoms. The van der Waals surface area contributed by atoms with Gasteiger partial charge in [0.05, 0.1) is 0 Å². The number of aromatic carboxylic acids is 1. The number of nitrogens with zero attached hydrogens (tertiary/aromatic N) is 1. The molecule has 1 rings (SSSR count). The van der Waals surface area contributed by atoms with E-state index in [1.165, 1.54) is 10.8 Å². The first-order chi connectivity index (χ1) is 6.73. The Balaban J connectivity index is 3.41. The molecule has 1 N–H and O–H groups in total. The maximum absolute atomic E-state index is 11.0. The summed E-state index contributed by atoms with van der Waals surface area (Å²) in [5.74, 6) is -1.18. The molecule has 5 nitrogen and oxygen atoms in total. The van der Waals surface area contributed by atoms with Crippen molar-refractivity contribution in [3.05, 3.63) is 18.0 Å². The van der Waals surface area contributed by atoms with Gasteiger partial charge in [0.25, 0.3) is 9.05 Å². The third-order valence-electron chi connectivity index (χ3n) is 1.88. The summed E-state index contributed by atoms with van der Waals surface area (Å²) in [6.45, 7) is 3.49. The van der Waals surface area contributed by atoms with Gasteiger partial charge in [-0.3, -0.25) is 0 Å². The molecule has 0 radical (unpaired) electrons. The van der Waals surface area contributed by atoms with Crippen LogP contribution in [0.2, 0.25) is 0 Å². The lowest BCUT2D eigenvalue weighted by atomic mass is 10.3. The van der Waals surface area contributed by atoms with Gasteiger partial charge >= 0.3 is 5.97 Å². The lowest BCUT2D eigenvalue weighted by Crippen LogP contribution is -2.09. The van der Waals surface area contributed by atoms with Crippen LogP contribution in [0.3, 0.4) is 0 Å². The van der Waals surface area contributed by atoms with Gasteiger partial charge in [-0.25, -0.2) is 13.2 Å². The standard InChI is InChI=1S/C8H10ClNO4S/c1-5(2)10-4-6(15(9,13)14)3-7(10)8(11)12/h3-5H,1-2H3,(H,11,12). The van der Waals surface area contributed by atoms with Gasteiger partial charge in [-0.1, -0.05) is 0 Å². The number of hydrogen-bond donors (Lipinski definition) is 1. The van der Waals surface area contributed by atoms with E-state index in [0.29, 0.717) is 0 Å². The third kappa shape index (κ3) is 2.51. The Labute approximate surface area is 91.7 Å². The number of carboxylic acids is 1. The van der Waals surface area contributed by atoms with Crippen LogP contribution in [0.4, 0.5) is 0 Å². The molecule has 0 fully saturated rings. The molecule has 0 bridgehead atoms. The number of halogens is 1. The Kier molecular flexibility index (Phi) is 3.11. The van der Waals surface area contributed by atoms with Crippen LogP contribution in [0.25, 0.3) is 0 Å². The summed E-state index contributed by atoms with van der Waals surface area (Å²) in [6.07, 6.45) is 1.22. The maximum Gasteiger partial charge on any atom is 0.352 e. The second kappa shape index (κ2) is 3.86. The van der Waals surface area contributed by atoms with Crippen LogP contribution in [0.5, 0.6) is 0 Å². The Bertz CT molecular complexity index is 489. The van der Waals surface area contributed by atoms with Crippen molar-refractivity contribution < 1.29 is 18.3 Å². The Morgan fingerprint density at radius 3 is 2.33 bits per heavy atom. The zero-order chi connectivity index (χ0) is 11.8. The first kappa shape index (κ1) is 12.1. The Morgan fingerprint density at radius 2 is 2.07 bits per heavy atom. The van der Waals surface area contributed by atoms with Crippen molar-refractivity contribution in [2.75, 3.05) is 0 Å². The van der Waals surface area contributed by atoms with E-state index in [9.17, 15) is 13.2 Å². The summed E-state index contributed by atoms with van der Waals surface area (Å²) < 4.78 is 23.4. The molecule has 1 aromatic rings. The summed E-state index contributed by atoms with van der Waals surface area (Å²) in [6, 6.07) is 0.897. The molecule has 0 aromatic carbocycles. The molecule has 0 atom stereocenters. The lowest BCUT2D eigenvalue weighted by molar-refractivity contribution is 0.0683. The molecule has 0 saturated carbocycles. The molecule has 0 aliphatic rings. The van der Waals surface area contributed by atoms with E-state index in [1.54, 1.807) is 13.8 Å². The highest BCUT2D eigenvalue weighted by Gasteiger charge is 2.20. The zero-order valence-corrected chi connectivity index (χ0v) is 9.71. The second-order valence-electron chi connectivity index (χ2n) is 3.31. The van der Waals surface area contributed by atoms with E-state index >= 15 is 0 Å². The minimum absolute atomic E-state index is 0.0933. The number of aromatic nitrogens is 1. The smallest absolute Gasteiger partial charge is 0.352 e. The van der Waals surface area contributed by atoms with Gasteiger partial charge in [-0.15, -0.1) is 0 Å². The molecule has 0 spiro atoms. The lowest BCUT2D eigenvalue weighted by Gasteiger charge is -2.08. The summed E-state index contributed by atoms with van der Waals surface area (Å²) in [4.78, 5) is 10.6. The van der Waals surface area contributed by atoms with E-state index < -0.39 is 15.0 Å². The van der Waals surface area contributed by atoms with Crippen molar-refractivity contribution in [1.82, 2.24) is 4.57 Å². The summed E-state index contributed by atoms with van der Waals surface area (Å²) >= 11 is 0. The number of hydrogen-bond acceptors (Lipinski definition) is 3. The van der Waals surface area contributed by atoms with Crippen molar-refractivity contribution in [2.45, 2.75) is 24.8 Å². The van der Waals surface area contributed by atoms with E-state index in [-0.39, 0.29) is 16.6 Å². The SMILES string of the molecule is CC(C)n1cc(S(=O)(=O)Cl)cc1C(=O)O. The average Bonchev–Trinajstić information content (AvgIpc) is 2.45. The number of rotatable bonds is 3. The van der Waals surface area contributed by atoms with Crippen LogP contribution < -0.4 is 0 Å². The van der Waals surface area contributed by atoms with Gasteiger partial charge in [-0.05, 0) is 19.9 Å². The van der Waals surface area contributed by atoms with E-state index in [4.69, 9.17) is 15.8 Å². The van der Waals surface area contributed by atoms with Gasteiger partial charge in [0.2, 0.25) is 0 Å². The first-order valence-electron chi connectivity index (χ1n) is 4.13. The molecular formula is C8H10ClNO4S. The van der Waals surface area contributed by atoms with Gasteiger partial charge in [0.15, 0.2) is 0 Å². The van der Waals surface area contributed by atoms with Gasteiger partial charge < -0.3 is 9.67 Å². The minimum atomic E-state index is -3.88. The molecule has 1 heterocycles. The topological polar surface area (TPSA) is 76.4 Å². The molecule has 84 valence electrons. The Morgan fingerprint density at radius 1 is 1.53 bits per heavy atom. The molecular weight excluding hydrogens is 242 g/mol. The predicted octanol–water partition coefficient (Wildman–Crippen LogP) is 1.69. The van der Waals surface area contributed by atoms with Crippen LogP contribution in [0, 0.1) is 0 Å². The molecule has 0 aliphatic heterocycles. The van der Waals surface area contributed by atoms with Crippen molar-refractivity contribution in [3.8, 4) is 0 Å². The minimum Gasteiger partial charge on any atom is -0.477 e. The van der Waals surface area contributed by atoms with Crippen LogP contribution in [0.15, 0.2) is 17.2 Å². The fourth-order valence-electron chi connectivity index (χ4n) is 1.19. The molecule has 0 amide bonds. The second-order valence-corrected chi connectivity index (χ2v) is 5.87. The summed E-state index contributed by atoms with van der Waals surface area (Å²) in [5, 5.41) is 8.83. The average molecular weight is 252 g/mol. The number of carbonyl (C=O) groups is 1. The van der Waals surface area contributed by atoms with Crippen LogP contribution in [0.1, 0.15) is 30.4 Å². The summed E-state index contributed by atoms with van der Waals surface area (Å²) in [7, 11) is 1.24. The van der Waals surface area contributed by atoms with Crippen molar-refractivity contribution >= 4 is 25.7 Å². The zero-order valence-electron chi connectivity index (χ0n) is 8.14. The molecule has 7 heteroatoms. The highest BCUT2D eigenvalue weighted by molar-refractivity contribution is 8.13. The predicted molar refractivity (Wildman–Crippen MR) is 54.8 cm³/mol. The fourth-order valence-corrected chi connectivity index (χ4v) is 1.93. The summed E-state index contributed by atoms with van der Waals surface area (Å²) in [5.41, 5.74) is -0.0933. The largest absolute Gasteiger partial charge is 0.477 e. The highest BCUT2D eigenvalue weighted by Crippen LogP contribution is 2.21. The normalized spacial score (nSPS) is 12.0. The highest BCUT2D eigenvalue weighted by atomic mass is 35.7. The van der Waals surface area contributed by atoms with Gasteiger partial charge in [0, 0.05) is 22.9 Å². The van der Waals surface area contributed by atoms with Crippen molar-refractivity contribution in [3.63, 3.8) is 0 Å². The quantitative estimate of drug-likeness (QED) is 0.830. The monoisotopic (exact) mass is 251 g/mol. The van der Waals surface area contributed by atoms with Crippen LogP contribution in [-0.2, 0) is 9.05 Å². The van der Waals surface area contributed by atoms with E-state index in [2.05, 4.69) is 0 Å². The van der Waals surface area contributed by atoms with E-state index in [1.807, 2.05) is 0 Å². The van der Waals surface area contributed by atoms with Crippen LogP contribution >= 0.6 is 10.7 Å². The van der Waals surface area contributed by atoms with Gasteiger partial charge in [-0.2, -0.15) is 0 Å². The maximum atomic E-state index is 11.0. The molecule has 0 unspecified atom stereocenters. The van der Waals surface area contributed by atoms with Crippen LogP contribution in [-0.4, -0.2) is 24.1 Å².